The van der Waals surface area contributed by atoms with Gasteiger partial charge in [-0.3, -0.25) is 19.2 Å². The molecule has 4 bridgehead atoms. The zero-order chi connectivity index (χ0) is 29.6. The quantitative estimate of drug-likeness (QED) is 0.227. The molecular formula is C36H26BrN3O4. The van der Waals surface area contributed by atoms with Gasteiger partial charge in [-0.25, -0.2) is 4.90 Å². The van der Waals surface area contributed by atoms with Crippen molar-refractivity contribution in [2.24, 2.45) is 52.4 Å². The number of amides is 4. The Balaban J connectivity index is 1.15. The van der Waals surface area contributed by atoms with E-state index in [1.807, 2.05) is 60.7 Å². The van der Waals surface area contributed by atoms with Crippen LogP contribution in [0.4, 0.5) is 5.69 Å². The molecule has 3 aromatic rings. The van der Waals surface area contributed by atoms with E-state index in [0.717, 1.165) is 38.2 Å². The van der Waals surface area contributed by atoms with Crippen LogP contribution in [0.3, 0.4) is 0 Å². The minimum absolute atomic E-state index is 0.0919. The predicted molar refractivity (Wildman–Crippen MR) is 164 cm³/mol. The molecule has 2 heterocycles. The fourth-order valence-corrected chi connectivity index (χ4v) is 10.4. The summed E-state index contributed by atoms with van der Waals surface area (Å²) in [7, 11) is 0. The number of hydrogen-bond donors (Lipinski definition) is 0. The fraction of sp³-hybridized carbons (Fsp3) is 0.306. The van der Waals surface area contributed by atoms with E-state index in [9.17, 15) is 19.2 Å². The highest BCUT2D eigenvalue weighted by Crippen LogP contribution is 2.66. The molecule has 44 heavy (non-hydrogen) atoms. The van der Waals surface area contributed by atoms with E-state index in [0.29, 0.717) is 17.5 Å². The first-order valence-electron chi connectivity index (χ1n) is 15.4. The average molecular weight is 645 g/mol. The molecule has 7 nitrogen and oxygen atoms in total. The standard InChI is InChI=1S/C36H26BrN3O4/c37-17-9-11-18(12-10-17)39-32(41)30-27-21-5-1-3-7-25(21)36(31(30)35(39)44,26-8-4-2-6-22(26)27)16-38-40-33(42)28-19-13-14-20(24-15-23(19)24)29(28)34(40)43/h1-14,16,19-20,23-24,27-31H,15H2/b38-16-/t19-,20-,23-,24+,27?,28-,29+,30-,31+,36?/m0/s1. The lowest BCUT2D eigenvalue weighted by Gasteiger charge is -2.52. The second-order valence-corrected chi connectivity index (χ2v) is 14.3. The van der Waals surface area contributed by atoms with Crippen LogP contribution in [-0.4, -0.2) is 34.9 Å². The molecule has 2 aliphatic heterocycles. The van der Waals surface area contributed by atoms with Crippen molar-refractivity contribution in [1.82, 2.24) is 5.01 Å². The van der Waals surface area contributed by atoms with Crippen LogP contribution in [0.5, 0.6) is 0 Å². The molecule has 8 atom stereocenters. The van der Waals surface area contributed by atoms with E-state index >= 15 is 0 Å². The molecule has 7 aliphatic carbocycles. The lowest BCUT2D eigenvalue weighted by Crippen LogP contribution is -2.55. The van der Waals surface area contributed by atoms with Gasteiger partial charge < -0.3 is 0 Å². The van der Waals surface area contributed by atoms with E-state index < -0.39 is 17.3 Å². The minimum atomic E-state index is -1.14. The van der Waals surface area contributed by atoms with Crippen molar-refractivity contribution in [2.75, 3.05) is 4.90 Å². The number of allylic oxidation sites excluding steroid dienone is 2. The third kappa shape index (κ3) is 2.82. The molecule has 4 amide bonds. The van der Waals surface area contributed by atoms with Crippen LogP contribution < -0.4 is 4.90 Å². The van der Waals surface area contributed by atoms with E-state index in [1.165, 1.54) is 4.90 Å². The molecule has 9 aliphatic rings. The van der Waals surface area contributed by atoms with Crippen LogP contribution in [0.2, 0.25) is 0 Å². The van der Waals surface area contributed by atoms with E-state index in [1.54, 1.807) is 18.3 Å². The van der Waals surface area contributed by atoms with Crippen LogP contribution in [0.25, 0.3) is 0 Å². The van der Waals surface area contributed by atoms with E-state index in [-0.39, 0.29) is 53.2 Å². The average Bonchev–Trinajstić information content (AvgIpc) is 3.78. The van der Waals surface area contributed by atoms with Gasteiger partial charge in [0.2, 0.25) is 11.8 Å². The van der Waals surface area contributed by atoms with Crippen molar-refractivity contribution in [3.8, 4) is 0 Å². The summed E-state index contributed by atoms with van der Waals surface area (Å²) in [5.74, 6) is -2.32. The first-order valence-corrected chi connectivity index (χ1v) is 16.1. The summed E-state index contributed by atoms with van der Waals surface area (Å²) in [6.45, 7) is 0. The summed E-state index contributed by atoms with van der Waals surface area (Å²) < 4.78 is 0.850. The van der Waals surface area contributed by atoms with Gasteiger partial charge in [0.1, 0.15) is 0 Å². The van der Waals surface area contributed by atoms with Crippen LogP contribution in [0.15, 0.2) is 94.5 Å². The molecule has 3 aromatic carbocycles. The number of anilines is 1. The first kappa shape index (κ1) is 25.2. The molecule has 8 heteroatoms. The van der Waals surface area contributed by atoms with Crippen molar-refractivity contribution < 1.29 is 19.2 Å². The Labute approximate surface area is 261 Å². The Hall–Kier alpha value is -4.17. The molecule has 0 N–H and O–H groups in total. The van der Waals surface area contributed by atoms with Crippen molar-refractivity contribution in [1.29, 1.82) is 0 Å². The lowest BCUT2D eigenvalue weighted by atomic mass is 9.47. The van der Waals surface area contributed by atoms with Gasteiger partial charge in [-0.2, -0.15) is 10.1 Å². The number of carbonyl (C=O) groups excluding carboxylic acids is 4. The van der Waals surface area contributed by atoms with Gasteiger partial charge in [-0.05, 0) is 76.6 Å². The summed E-state index contributed by atoms with van der Waals surface area (Å²) >= 11 is 3.45. The van der Waals surface area contributed by atoms with Crippen molar-refractivity contribution in [2.45, 2.75) is 17.8 Å². The molecule has 4 fully saturated rings. The number of halogens is 1. The summed E-state index contributed by atoms with van der Waals surface area (Å²) in [6.07, 6.45) is 7.05. The van der Waals surface area contributed by atoms with Gasteiger partial charge in [0, 0.05) is 16.6 Å². The highest BCUT2D eigenvalue weighted by molar-refractivity contribution is 9.10. The highest BCUT2D eigenvalue weighted by Gasteiger charge is 2.69. The van der Waals surface area contributed by atoms with Crippen molar-refractivity contribution >= 4 is 51.5 Å². The van der Waals surface area contributed by atoms with Gasteiger partial charge in [-0.1, -0.05) is 76.6 Å². The molecule has 216 valence electrons. The molecule has 0 aromatic heterocycles. The third-order valence-electron chi connectivity index (χ3n) is 11.8. The molecule has 12 rings (SSSR count). The zero-order valence-corrected chi connectivity index (χ0v) is 25.0. The number of hydrogen-bond acceptors (Lipinski definition) is 5. The maximum atomic E-state index is 14.6. The Bertz CT molecular complexity index is 1850. The van der Waals surface area contributed by atoms with Crippen LogP contribution in [-0.2, 0) is 24.6 Å². The fourth-order valence-electron chi connectivity index (χ4n) is 10.1. The molecule has 0 radical (unpaired) electrons. The summed E-state index contributed by atoms with van der Waals surface area (Å²) in [6, 6.07) is 23.1. The Morgan fingerprint density at radius 1 is 0.705 bits per heavy atom. The van der Waals surface area contributed by atoms with E-state index in [2.05, 4.69) is 28.1 Å². The second-order valence-electron chi connectivity index (χ2n) is 13.4. The van der Waals surface area contributed by atoms with Crippen molar-refractivity contribution in [3.63, 3.8) is 0 Å². The summed E-state index contributed by atoms with van der Waals surface area (Å²) in [5, 5.41) is 5.85. The maximum Gasteiger partial charge on any atom is 0.254 e. The molecule has 0 spiro atoms. The largest absolute Gasteiger partial charge is 0.274 e. The van der Waals surface area contributed by atoms with E-state index in [4.69, 9.17) is 5.10 Å². The smallest absolute Gasteiger partial charge is 0.254 e. The van der Waals surface area contributed by atoms with Gasteiger partial charge in [-0.15, -0.1) is 0 Å². The minimum Gasteiger partial charge on any atom is -0.274 e. The predicted octanol–water partition coefficient (Wildman–Crippen LogP) is 5.04. The van der Waals surface area contributed by atoms with Gasteiger partial charge >= 0.3 is 0 Å². The maximum absolute atomic E-state index is 14.6. The Morgan fingerprint density at radius 3 is 1.86 bits per heavy atom. The SMILES string of the molecule is O=C1[C@@H]2[C@H]3C=C[C@@H]([C@@H]4C[C@H]34)[C@@H]2C(=O)N1/N=C\C12c3ccccc3C(c3ccccc31)[C@@H]1C(=O)N(c3ccc(Br)cc3)C(=O)[C@@H]12. The van der Waals surface area contributed by atoms with Crippen LogP contribution in [0, 0.1) is 47.3 Å². The normalized spacial score (nSPS) is 38.2. The number of rotatable bonds is 3. The van der Waals surface area contributed by atoms with Gasteiger partial charge in [0.05, 0.1) is 34.8 Å². The number of benzene rings is 3. The summed E-state index contributed by atoms with van der Waals surface area (Å²) in [4.78, 5) is 58.1. The van der Waals surface area contributed by atoms with Crippen molar-refractivity contribution in [3.05, 3.63) is 112 Å². The molecule has 2 saturated carbocycles. The Morgan fingerprint density at radius 2 is 1.27 bits per heavy atom. The number of hydrazone groups is 1. The lowest BCUT2D eigenvalue weighted by molar-refractivity contribution is -0.140. The third-order valence-corrected chi connectivity index (χ3v) is 12.3. The van der Waals surface area contributed by atoms with Gasteiger partial charge in [0.15, 0.2) is 0 Å². The van der Waals surface area contributed by atoms with Crippen LogP contribution in [0.1, 0.15) is 34.6 Å². The highest BCUT2D eigenvalue weighted by atomic mass is 79.9. The molecule has 0 unspecified atom stereocenters. The molecular weight excluding hydrogens is 618 g/mol. The number of nitrogens with zero attached hydrogens (tertiary/aromatic N) is 3. The number of imide groups is 2. The molecule has 2 saturated heterocycles. The number of carbonyl (C=O) groups is 4. The van der Waals surface area contributed by atoms with Gasteiger partial charge in [0.25, 0.3) is 11.8 Å². The topological polar surface area (TPSA) is 87.1 Å². The second kappa shape index (κ2) is 8.30. The first-order chi connectivity index (χ1) is 21.4. The summed E-state index contributed by atoms with van der Waals surface area (Å²) in [5.41, 5.74) is 3.13. The zero-order valence-electron chi connectivity index (χ0n) is 23.4. The Kier molecular flexibility index (Phi) is 4.75. The van der Waals surface area contributed by atoms with Crippen LogP contribution >= 0.6 is 15.9 Å². The monoisotopic (exact) mass is 643 g/mol.